The van der Waals surface area contributed by atoms with Gasteiger partial charge in [0.1, 0.15) is 0 Å². The van der Waals surface area contributed by atoms with E-state index in [1.807, 2.05) is 11.5 Å². The lowest BCUT2D eigenvalue weighted by atomic mass is 10.3. The van der Waals surface area contributed by atoms with Crippen molar-refractivity contribution in [3.05, 3.63) is 33.8 Å². The quantitative estimate of drug-likeness (QED) is 0.820. The van der Waals surface area contributed by atoms with Gasteiger partial charge in [0, 0.05) is 10.6 Å². The summed E-state index contributed by atoms with van der Waals surface area (Å²) in [6.07, 6.45) is 1.80. The van der Waals surface area contributed by atoms with Gasteiger partial charge in [0.05, 0.1) is 12.7 Å². The summed E-state index contributed by atoms with van der Waals surface area (Å²) in [4.78, 5) is 5.42. The van der Waals surface area contributed by atoms with Crippen LogP contribution in [-0.4, -0.2) is 9.55 Å². The smallest absolute Gasteiger partial charge is 0.200 e. The average Bonchev–Trinajstić information content (AvgIpc) is 2.67. The van der Waals surface area contributed by atoms with Crippen LogP contribution in [0.4, 0.5) is 5.95 Å². The van der Waals surface area contributed by atoms with Crippen LogP contribution in [0.1, 0.15) is 16.1 Å². The molecule has 2 aromatic rings. The van der Waals surface area contributed by atoms with Crippen molar-refractivity contribution in [3.63, 3.8) is 0 Å². The van der Waals surface area contributed by atoms with Crippen LogP contribution in [0.2, 0.25) is 0 Å². The zero-order valence-electron chi connectivity index (χ0n) is 8.32. The molecule has 2 aromatic heterocycles. The first-order chi connectivity index (χ1) is 6.68. The number of nitrogens with zero attached hydrogens (tertiary/aromatic N) is 2. The van der Waals surface area contributed by atoms with E-state index < -0.39 is 0 Å². The first-order valence-corrected chi connectivity index (χ1v) is 5.37. The average molecular weight is 207 g/mol. The van der Waals surface area contributed by atoms with Gasteiger partial charge in [-0.1, -0.05) is 0 Å². The lowest BCUT2D eigenvalue weighted by molar-refractivity contribution is 0.790. The van der Waals surface area contributed by atoms with Crippen molar-refractivity contribution in [2.75, 3.05) is 5.73 Å². The molecule has 0 radical (unpaired) electrons. The first-order valence-electron chi connectivity index (χ1n) is 4.49. The van der Waals surface area contributed by atoms with Crippen molar-refractivity contribution in [2.24, 2.45) is 0 Å². The molecule has 0 aliphatic carbocycles. The summed E-state index contributed by atoms with van der Waals surface area (Å²) in [5, 5.41) is 2.10. The molecule has 2 heterocycles. The number of nitrogen functional groups attached to an aromatic ring is 1. The zero-order valence-corrected chi connectivity index (χ0v) is 9.14. The van der Waals surface area contributed by atoms with E-state index in [0.29, 0.717) is 5.95 Å². The first kappa shape index (κ1) is 9.27. The van der Waals surface area contributed by atoms with Gasteiger partial charge in [0.25, 0.3) is 0 Å². The normalized spacial score (nSPS) is 10.7. The molecule has 0 aliphatic heterocycles. The summed E-state index contributed by atoms with van der Waals surface area (Å²) < 4.78 is 2.03. The summed E-state index contributed by atoms with van der Waals surface area (Å²) in [6.45, 7) is 4.97. The molecule has 74 valence electrons. The van der Waals surface area contributed by atoms with E-state index in [0.717, 1.165) is 12.2 Å². The Labute approximate surface area is 87.2 Å². The van der Waals surface area contributed by atoms with E-state index >= 15 is 0 Å². The van der Waals surface area contributed by atoms with Crippen LogP contribution in [0.25, 0.3) is 0 Å². The lowest BCUT2D eigenvalue weighted by Gasteiger charge is -2.06. The molecule has 14 heavy (non-hydrogen) atoms. The predicted molar refractivity (Wildman–Crippen MR) is 59.5 cm³/mol. The molecule has 0 saturated heterocycles. The Hall–Kier alpha value is -1.29. The van der Waals surface area contributed by atoms with Crippen molar-refractivity contribution in [2.45, 2.75) is 20.4 Å². The highest BCUT2D eigenvalue weighted by molar-refractivity contribution is 7.10. The second kappa shape index (κ2) is 3.46. The molecular formula is C10H13N3S. The summed E-state index contributed by atoms with van der Waals surface area (Å²) in [5.74, 6) is 0.593. The van der Waals surface area contributed by atoms with Crippen molar-refractivity contribution in [3.8, 4) is 0 Å². The number of nitrogens with two attached hydrogens (primary N) is 1. The summed E-state index contributed by atoms with van der Waals surface area (Å²) in [7, 11) is 0. The molecule has 2 N–H and O–H groups in total. The molecule has 2 rings (SSSR count). The Morgan fingerprint density at radius 3 is 2.79 bits per heavy atom. The van der Waals surface area contributed by atoms with Gasteiger partial charge in [0.15, 0.2) is 0 Å². The minimum absolute atomic E-state index is 0.593. The van der Waals surface area contributed by atoms with Gasteiger partial charge in [-0.15, -0.1) is 11.3 Å². The molecule has 0 aromatic carbocycles. The number of rotatable bonds is 2. The van der Waals surface area contributed by atoms with Gasteiger partial charge in [-0.2, -0.15) is 0 Å². The highest BCUT2D eigenvalue weighted by Gasteiger charge is 2.06. The standard InChI is InChI=1S/C10H13N3S/c1-7-3-4-14-9(7)6-13-8(2)5-12-10(13)11/h3-5H,6H2,1-2H3,(H2,11,12). The Bertz CT molecular complexity index is 422. The Morgan fingerprint density at radius 2 is 2.29 bits per heavy atom. The summed E-state index contributed by atoms with van der Waals surface area (Å²) >= 11 is 1.76. The number of thiophene rings is 1. The summed E-state index contributed by atoms with van der Waals surface area (Å²) in [6, 6.07) is 2.13. The molecule has 0 aliphatic rings. The fraction of sp³-hybridized carbons (Fsp3) is 0.300. The molecule has 0 bridgehead atoms. The minimum Gasteiger partial charge on any atom is -0.369 e. The van der Waals surface area contributed by atoms with Crippen LogP contribution >= 0.6 is 11.3 Å². The molecule has 0 amide bonds. The van der Waals surface area contributed by atoms with Gasteiger partial charge in [-0.05, 0) is 30.9 Å². The third kappa shape index (κ3) is 1.53. The van der Waals surface area contributed by atoms with Crippen LogP contribution in [0.3, 0.4) is 0 Å². The monoisotopic (exact) mass is 207 g/mol. The number of anilines is 1. The van der Waals surface area contributed by atoms with E-state index in [1.54, 1.807) is 17.5 Å². The molecule has 0 atom stereocenters. The summed E-state index contributed by atoms with van der Waals surface area (Å²) in [5.41, 5.74) is 8.19. The minimum atomic E-state index is 0.593. The van der Waals surface area contributed by atoms with Gasteiger partial charge in [-0.25, -0.2) is 4.98 Å². The van der Waals surface area contributed by atoms with E-state index in [-0.39, 0.29) is 0 Å². The van der Waals surface area contributed by atoms with Gasteiger partial charge in [-0.3, -0.25) is 0 Å². The maximum atomic E-state index is 5.76. The Balaban J connectivity index is 2.31. The van der Waals surface area contributed by atoms with Crippen LogP contribution in [0, 0.1) is 13.8 Å². The largest absolute Gasteiger partial charge is 0.369 e. The molecular weight excluding hydrogens is 194 g/mol. The van der Waals surface area contributed by atoms with Crippen LogP contribution < -0.4 is 5.73 Å². The fourth-order valence-corrected chi connectivity index (χ4v) is 2.29. The van der Waals surface area contributed by atoms with Crippen LogP contribution in [0.5, 0.6) is 0 Å². The third-order valence-electron chi connectivity index (χ3n) is 2.36. The zero-order chi connectivity index (χ0) is 10.1. The molecule has 4 heteroatoms. The molecule has 0 fully saturated rings. The van der Waals surface area contributed by atoms with E-state index in [2.05, 4.69) is 23.4 Å². The number of aryl methyl sites for hydroxylation is 2. The Morgan fingerprint density at radius 1 is 1.50 bits per heavy atom. The third-order valence-corrected chi connectivity index (χ3v) is 3.36. The topological polar surface area (TPSA) is 43.8 Å². The highest BCUT2D eigenvalue weighted by atomic mass is 32.1. The van der Waals surface area contributed by atoms with Crippen molar-refractivity contribution in [1.82, 2.24) is 9.55 Å². The van der Waals surface area contributed by atoms with Crippen molar-refractivity contribution < 1.29 is 0 Å². The van der Waals surface area contributed by atoms with E-state index in [1.165, 1.54) is 10.4 Å². The molecule has 0 unspecified atom stereocenters. The second-order valence-corrected chi connectivity index (χ2v) is 4.37. The van der Waals surface area contributed by atoms with Gasteiger partial charge >= 0.3 is 0 Å². The lowest BCUT2D eigenvalue weighted by Crippen LogP contribution is -2.05. The second-order valence-electron chi connectivity index (χ2n) is 3.37. The number of aromatic nitrogens is 2. The highest BCUT2D eigenvalue weighted by Crippen LogP contribution is 2.19. The van der Waals surface area contributed by atoms with E-state index in [4.69, 9.17) is 5.73 Å². The van der Waals surface area contributed by atoms with Crippen molar-refractivity contribution in [1.29, 1.82) is 0 Å². The van der Waals surface area contributed by atoms with Crippen molar-refractivity contribution >= 4 is 17.3 Å². The molecule has 0 spiro atoms. The van der Waals surface area contributed by atoms with Gasteiger partial charge in [0.2, 0.25) is 5.95 Å². The molecule has 0 saturated carbocycles. The molecule has 3 nitrogen and oxygen atoms in total. The van der Waals surface area contributed by atoms with Gasteiger partial charge < -0.3 is 10.3 Å². The number of hydrogen-bond acceptors (Lipinski definition) is 3. The van der Waals surface area contributed by atoms with Crippen LogP contribution in [0.15, 0.2) is 17.6 Å². The maximum absolute atomic E-state index is 5.76. The fourth-order valence-electron chi connectivity index (χ4n) is 1.40. The number of imidazole rings is 1. The SMILES string of the molecule is Cc1ccsc1Cn1c(C)cnc1N. The maximum Gasteiger partial charge on any atom is 0.200 e. The number of hydrogen-bond donors (Lipinski definition) is 1. The van der Waals surface area contributed by atoms with Crippen LogP contribution in [-0.2, 0) is 6.54 Å². The Kier molecular flexibility index (Phi) is 2.29. The predicted octanol–water partition coefficient (Wildman–Crippen LogP) is 2.19. The van der Waals surface area contributed by atoms with E-state index in [9.17, 15) is 0 Å².